The molecule has 0 heterocycles. The highest BCUT2D eigenvalue weighted by molar-refractivity contribution is 5.45. The van der Waals surface area contributed by atoms with Crippen LogP contribution >= 0.6 is 0 Å². The molecule has 0 aromatic heterocycles. The number of nitrogens with one attached hydrogen (secondary N) is 1. The molecule has 0 bridgehead atoms. The van der Waals surface area contributed by atoms with Gasteiger partial charge in [0.15, 0.2) is 0 Å². The van der Waals surface area contributed by atoms with Crippen LogP contribution in [0.4, 0.5) is 5.69 Å². The monoisotopic (exact) mass is 193 g/mol. The van der Waals surface area contributed by atoms with E-state index >= 15 is 0 Å². The van der Waals surface area contributed by atoms with E-state index in [0.29, 0.717) is 0 Å². The van der Waals surface area contributed by atoms with E-state index in [1.54, 1.807) is 0 Å². The topological polar surface area (TPSA) is 32.3 Å². The number of aliphatic hydroxyl groups is 1. The van der Waals surface area contributed by atoms with Gasteiger partial charge in [-0.25, -0.2) is 0 Å². The third kappa shape index (κ3) is 3.79. The zero-order chi connectivity index (χ0) is 10.6. The van der Waals surface area contributed by atoms with E-state index in [2.05, 4.69) is 26.1 Å². The van der Waals surface area contributed by atoms with Gasteiger partial charge in [0.25, 0.3) is 0 Å². The van der Waals surface area contributed by atoms with Crippen molar-refractivity contribution in [2.24, 2.45) is 5.41 Å². The number of hydrogen-bond acceptors (Lipinski definition) is 2. The van der Waals surface area contributed by atoms with Crippen LogP contribution in [0.1, 0.15) is 26.3 Å². The molecule has 1 aromatic carbocycles. The Morgan fingerprint density at radius 1 is 1.29 bits per heavy atom. The van der Waals surface area contributed by atoms with Gasteiger partial charge in [0, 0.05) is 12.2 Å². The molecule has 2 heteroatoms. The van der Waals surface area contributed by atoms with Gasteiger partial charge in [-0.2, -0.15) is 0 Å². The van der Waals surface area contributed by atoms with E-state index in [1.165, 1.54) is 0 Å². The van der Waals surface area contributed by atoms with Crippen molar-refractivity contribution in [3.05, 3.63) is 29.8 Å². The van der Waals surface area contributed by atoms with E-state index in [0.717, 1.165) is 17.8 Å². The molecule has 1 aromatic rings. The molecule has 0 atom stereocenters. The summed E-state index contributed by atoms with van der Waals surface area (Å²) in [5.41, 5.74) is 2.30. The van der Waals surface area contributed by atoms with Crippen molar-refractivity contribution in [1.29, 1.82) is 0 Å². The standard InChI is InChI=1S/C12H19NO/c1-12(2,3)9-13-11-6-4-5-10(7-11)8-14/h4-7,13-14H,8-9H2,1-3H3. The van der Waals surface area contributed by atoms with Crippen molar-refractivity contribution >= 4 is 5.69 Å². The smallest absolute Gasteiger partial charge is 0.0682 e. The molecule has 1 rings (SSSR count). The number of hydrogen-bond donors (Lipinski definition) is 2. The van der Waals surface area contributed by atoms with Gasteiger partial charge in [-0.1, -0.05) is 32.9 Å². The predicted octanol–water partition coefficient (Wildman–Crippen LogP) is 2.64. The van der Waals surface area contributed by atoms with Crippen molar-refractivity contribution in [2.45, 2.75) is 27.4 Å². The zero-order valence-corrected chi connectivity index (χ0v) is 9.17. The van der Waals surface area contributed by atoms with Crippen molar-refractivity contribution in [3.8, 4) is 0 Å². The van der Waals surface area contributed by atoms with Crippen LogP contribution in [-0.2, 0) is 6.61 Å². The van der Waals surface area contributed by atoms with E-state index < -0.39 is 0 Å². The molecule has 0 spiro atoms. The molecule has 78 valence electrons. The normalized spacial score (nSPS) is 11.4. The van der Waals surface area contributed by atoms with Gasteiger partial charge in [0.2, 0.25) is 0 Å². The fraction of sp³-hybridized carbons (Fsp3) is 0.500. The summed E-state index contributed by atoms with van der Waals surface area (Å²) in [5, 5.41) is 12.3. The van der Waals surface area contributed by atoms with E-state index in [4.69, 9.17) is 5.11 Å². The SMILES string of the molecule is CC(C)(C)CNc1cccc(CO)c1. The summed E-state index contributed by atoms with van der Waals surface area (Å²) < 4.78 is 0. The van der Waals surface area contributed by atoms with Crippen molar-refractivity contribution in [3.63, 3.8) is 0 Å². The molecule has 0 fully saturated rings. The fourth-order valence-corrected chi connectivity index (χ4v) is 1.15. The Hall–Kier alpha value is -1.02. The number of rotatable bonds is 3. The second kappa shape index (κ2) is 4.47. The molecule has 0 radical (unpaired) electrons. The quantitative estimate of drug-likeness (QED) is 0.773. The Labute approximate surface area is 86.0 Å². The first-order valence-electron chi connectivity index (χ1n) is 4.95. The summed E-state index contributed by atoms with van der Waals surface area (Å²) in [7, 11) is 0. The highest BCUT2D eigenvalue weighted by Crippen LogP contribution is 2.16. The maximum Gasteiger partial charge on any atom is 0.0682 e. The number of anilines is 1. The molecule has 0 amide bonds. The van der Waals surface area contributed by atoms with Crippen LogP contribution in [0.25, 0.3) is 0 Å². The lowest BCUT2D eigenvalue weighted by atomic mass is 9.97. The lowest BCUT2D eigenvalue weighted by molar-refractivity contribution is 0.282. The fourth-order valence-electron chi connectivity index (χ4n) is 1.15. The average molecular weight is 193 g/mol. The van der Waals surface area contributed by atoms with Gasteiger partial charge in [0.05, 0.1) is 6.61 Å². The molecule has 0 unspecified atom stereocenters. The Morgan fingerprint density at radius 3 is 2.57 bits per heavy atom. The van der Waals surface area contributed by atoms with Gasteiger partial charge in [-0.05, 0) is 23.1 Å². The van der Waals surface area contributed by atoms with Gasteiger partial charge >= 0.3 is 0 Å². The zero-order valence-electron chi connectivity index (χ0n) is 9.17. The summed E-state index contributed by atoms with van der Waals surface area (Å²) >= 11 is 0. The lowest BCUT2D eigenvalue weighted by Crippen LogP contribution is -2.18. The molecule has 0 saturated carbocycles. The second-order valence-electron chi connectivity index (χ2n) is 4.77. The van der Waals surface area contributed by atoms with Crippen LogP contribution < -0.4 is 5.32 Å². The van der Waals surface area contributed by atoms with Crippen LogP contribution in [-0.4, -0.2) is 11.7 Å². The summed E-state index contributed by atoms with van der Waals surface area (Å²) in [6.07, 6.45) is 0. The number of benzene rings is 1. The van der Waals surface area contributed by atoms with Gasteiger partial charge in [0.1, 0.15) is 0 Å². The maximum absolute atomic E-state index is 8.96. The van der Waals surface area contributed by atoms with Crippen LogP contribution in [0.5, 0.6) is 0 Å². The van der Waals surface area contributed by atoms with Crippen molar-refractivity contribution in [1.82, 2.24) is 0 Å². The summed E-state index contributed by atoms with van der Waals surface area (Å²) in [6.45, 7) is 7.61. The summed E-state index contributed by atoms with van der Waals surface area (Å²) in [4.78, 5) is 0. The minimum Gasteiger partial charge on any atom is -0.392 e. The molecule has 0 aliphatic heterocycles. The van der Waals surface area contributed by atoms with E-state index in [1.807, 2.05) is 24.3 Å². The van der Waals surface area contributed by atoms with Crippen molar-refractivity contribution in [2.75, 3.05) is 11.9 Å². The molecular formula is C12H19NO. The summed E-state index contributed by atoms with van der Waals surface area (Å²) in [6, 6.07) is 7.87. The average Bonchev–Trinajstić information content (AvgIpc) is 2.14. The molecule has 0 saturated heterocycles. The summed E-state index contributed by atoms with van der Waals surface area (Å²) in [5.74, 6) is 0. The first kappa shape index (κ1) is 11.1. The van der Waals surface area contributed by atoms with E-state index in [-0.39, 0.29) is 12.0 Å². The van der Waals surface area contributed by atoms with Crippen LogP contribution in [0.15, 0.2) is 24.3 Å². The third-order valence-electron chi connectivity index (χ3n) is 1.93. The minimum atomic E-state index is 0.102. The third-order valence-corrected chi connectivity index (χ3v) is 1.93. The second-order valence-corrected chi connectivity index (χ2v) is 4.77. The molecular weight excluding hydrogens is 174 g/mol. The minimum absolute atomic E-state index is 0.102. The molecule has 2 nitrogen and oxygen atoms in total. The van der Waals surface area contributed by atoms with Crippen LogP contribution in [0.3, 0.4) is 0 Å². The first-order valence-corrected chi connectivity index (χ1v) is 4.95. The largest absolute Gasteiger partial charge is 0.392 e. The Balaban J connectivity index is 2.59. The van der Waals surface area contributed by atoms with Gasteiger partial charge in [-0.15, -0.1) is 0 Å². The predicted molar refractivity (Wildman–Crippen MR) is 60.3 cm³/mol. The van der Waals surface area contributed by atoms with Crippen LogP contribution in [0.2, 0.25) is 0 Å². The Kier molecular flexibility index (Phi) is 3.53. The molecule has 14 heavy (non-hydrogen) atoms. The lowest BCUT2D eigenvalue weighted by Gasteiger charge is -2.19. The Bertz CT molecular complexity index is 289. The maximum atomic E-state index is 8.96. The highest BCUT2D eigenvalue weighted by atomic mass is 16.3. The molecule has 0 aliphatic rings. The molecule has 0 aliphatic carbocycles. The molecule has 2 N–H and O–H groups in total. The van der Waals surface area contributed by atoms with Crippen molar-refractivity contribution < 1.29 is 5.11 Å². The first-order chi connectivity index (χ1) is 6.51. The highest BCUT2D eigenvalue weighted by Gasteiger charge is 2.08. The van der Waals surface area contributed by atoms with Gasteiger partial charge < -0.3 is 10.4 Å². The van der Waals surface area contributed by atoms with E-state index in [9.17, 15) is 0 Å². The van der Waals surface area contributed by atoms with Gasteiger partial charge in [-0.3, -0.25) is 0 Å². The van der Waals surface area contributed by atoms with Crippen LogP contribution in [0, 0.1) is 5.41 Å². The Morgan fingerprint density at radius 2 is 2.00 bits per heavy atom. The number of aliphatic hydroxyl groups excluding tert-OH is 1.